The number of halogens is 2. The number of hydrogen-bond donors (Lipinski definition) is 1. The summed E-state index contributed by atoms with van der Waals surface area (Å²) in [6, 6.07) is 6.74. The first kappa shape index (κ1) is 14.9. The molecule has 21 heavy (non-hydrogen) atoms. The summed E-state index contributed by atoms with van der Waals surface area (Å²) in [5, 5.41) is 13.0. The zero-order chi connectivity index (χ0) is 15.4. The highest BCUT2D eigenvalue weighted by Crippen LogP contribution is 2.19. The van der Waals surface area contributed by atoms with Gasteiger partial charge in [-0.3, -0.25) is 14.9 Å². The Kier molecular flexibility index (Phi) is 4.44. The fourth-order valence-electron chi connectivity index (χ4n) is 1.62. The van der Waals surface area contributed by atoms with Crippen molar-refractivity contribution in [3.63, 3.8) is 0 Å². The van der Waals surface area contributed by atoms with E-state index in [9.17, 15) is 19.3 Å². The van der Waals surface area contributed by atoms with Crippen molar-refractivity contribution in [2.75, 3.05) is 0 Å². The minimum Gasteiger partial charge on any atom is -0.348 e. The first-order chi connectivity index (χ1) is 9.97. The van der Waals surface area contributed by atoms with Gasteiger partial charge in [0.25, 0.3) is 11.6 Å². The van der Waals surface area contributed by atoms with Gasteiger partial charge in [0.1, 0.15) is 17.2 Å². The molecule has 108 valence electrons. The molecule has 1 aromatic carbocycles. The largest absolute Gasteiger partial charge is 0.348 e. The third kappa shape index (κ3) is 3.73. The molecule has 8 heteroatoms. The molecule has 1 N–H and O–H groups in total. The Balaban J connectivity index is 2.13. The molecule has 0 saturated heterocycles. The maximum atomic E-state index is 13.0. The van der Waals surface area contributed by atoms with Gasteiger partial charge in [-0.05, 0) is 17.7 Å². The fraction of sp³-hybridized carbons (Fsp3) is 0.0769. The molecule has 0 bridgehead atoms. The van der Waals surface area contributed by atoms with Crippen LogP contribution in [0.15, 0.2) is 36.5 Å². The van der Waals surface area contributed by atoms with E-state index in [0.717, 1.165) is 12.3 Å². The number of nitro groups is 1. The van der Waals surface area contributed by atoms with Crippen LogP contribution in [-0.4, -0.2) is 15.8 Å². The topological polar surface area (TPSA) is 85.1 Å². The van der Waals surface area contributed by atoms with Crippen molar-refractivity contribution in [1.82, 2.24) is 10.3 Å². The van der Waals surface area contributed by atoms with Crippen LogP contribution >= 0.6 is 11.6 Å². The summed E-state index contributed by atoms with van der Waals surface area (Å²) in [4.78, 5) is 25.5. The number of nitrogens with one attached hydrogen (secondary N) is 1. The Morgan fingerprint density at radius 1 is 1.43 bits per heavy atom. The maximum Gasteiger partial charge on any atom is 0.288 e. The Morgan fingerprint density at radius 2 is 2.19 bits per heavy atom. The second-order valence-corrected chi connectivity index (χ2v) is 4.46. The van der Waals surface area contributed by atoms with Gasteiger partial charge in [-0.15, -0.1) is 0 Å². The molecule has 1 heterocycles. The van der Waals surface area contributed by atoms with Crippen molar-refractivity contribution in [2.45, 2.75) is 6.54 Å². The van der Waals surface area contributed by atoms with Gasteiger partial charge in [0, 0.05) is 12.6 Å². The van der Waals surface area contributed by atoms with Gasteiger partial charge in [-0.1, -0.05) is 23.7 Å². The number of nitrogens with zero attached hydrogens (tertiary/aromatic N) is 2. The molecule has 1 aromatic heterocycles. The van der Waals surface area contributed by atoms with Gasteiger partial charge in [0.15, 0.2) is 0 Å². The molecule has 0 fully saturated rings. The molecular weight excluding hydrogens is 301 g/mol. The number of amides is 1. The summed E-state index contributed by atoms with van der Waals surface area (Å²) >= 11 is 5.75. The first-order valence-electron chi connectivity index (χ1n) is 5.80. The molecule has 0 atom stereocenters. The second kappa shape index (κ2) is 6.27. The molecular formula is C13H9ClFN3O3. The standard InChI is InChI=1S/C13H9ClFN3O3/c14-12-11(5-10(7-16-12)18(20)21)13(19)17-6-8-2-1-3-9(15)4-8/h1-5,7H,6H2,(H,17,19). The summed E-state index contributed by atoms with van der Waals surface area (Å²) in [6.45, 7) is 0.0651. The van der Waals surface area contributed by atoms with Crippen LogP contribution in [0.4, 0.5) is 10.1 Å². The molecule has 0 aliphatic carbocycles. The molecule has 0 aliphatic heterocycles. The van der Waals surface area contributed by atoms with E-state index in [-0.39, 0.29) is 22.9 Å². The van der Waals surface area contributed by atoms with Crippen LogP contribution in [0.3, 0.4) is 0 Å². The number of rotatable bonds is 4. The Morgan fingerprint density at radius 3 is 2.86 bits per heavy atom. The number of aromatic nitrogens is 1. The zero-order valence-electron chi connectivity index (χ0n) is 10.5. The highest BCUT2D eigenvalue weighted by molar-refractivity contribution is 6.32. The second-order valence-electron chi connectivity index (χ2n) is 4.10. The van der Waals surface area contributed by atoms with Crippen LogP contribution < -0.4 is 5.32 Å². The molecule has 0 unspecified atom stereocenters. The smallest absolute Gasteiger partial charge is 0.288 e. The van der Waals surface area contributed by atoms with Crippen LogP contribution in [0.1, 0.15) is 15.9 Å². The molecule has 0 radical (unpaired) electrons. The van der Waals surface area contributed by atoms with Gasteiger partial charge >= 0.3 is 0 Å². The third-order valence-electron chi connectivity index (χ3n) is 2.62. The highest BCUT2D eigenvalue weighted by Gasteiger charge is 2.16. The molecule has 0 spiro atoms. The van der Waals surface area contributed by atoms with Crippen molar-refractivity contribution >= 4 is 23.2 Å². The predicted molar refractivity (Wildman–Crippen MR) is 73.5 cm³/mol. The van der Waals surface area contributed by atoms with Crippen molar-refractivity contribution in [3.05, 3.63) is 68.7 Å². The lowest BCUT2D eigenvalue weighted by Crippen LogP contribution is -2.23. The summed E-state index contributed by atoms with van der Waals surface area (Å²) in [5.41, 5.74) is 0.107. The van der Waals surface area contributed by atoms with Crippen LogP contribution in [-0.2, 0) is 6.54 Å². The van der Waals surface area contributed by atoms with E-state index in [1.165, 1.54) is 18.2 Å². The summed E-state index contributed by atoms with van der Waals surface area (Å²) in [6.07, 6.45) is 0.964. The average Bonchev–Trinajstić information content (AvgIpc) is 2.45. The predicted octanol–water partition coefficient (Wildman–Crippen LogP) is 2.71. The lowest BCUT2D eigenvalue weighted by molar-refractivity contribution is -0.385. The van der Waals surface area contributed by atoms with Crippen molar-refractivity contribution in [1.29, 1.82) is 0 Å². The van der Waals surface area contributed by atoms with Crippen molar-refractivity contribution < 1.29 is 14.1 Å². The van der Waals surface area contributed by atoms with Crippen molar-refractivity contribution in [2.24, 2.45) is 0 Å². The quantitative estimate of drug-likeness (QED) is 0.534. The fourth-order valence-corrected chi connectivity index (χ4v) is 1.81. The summed E-state index contributed by atoms with van der Waals surface area (Å²) < 4.78 is 13.0. The van der Waals surface area contributed by atoms with Gasteiger partial charge in [0.2, 0.25) is 0 Å². The Hall–Kier alpha value is -2.54. The summed E-state index contributed by atoms with van der Waals surface area (Å²) in [5.74, 6) is -1.04. The van der Waals surface area contributed by atoms with Crippen LogP contribution in [0.25, 0.3) is 0 Å². The SMILES string of the molecule is O=C(NCc1cccc(F)c1)c1cc([N+](=O)[O-])cnc1Cl. The minimum absolute atomic E-state index is 0.0651. The van der Waals surface area contributed by atoms with Gasteiger partial charge < -0.3 is 5.32 Å². The first-order valence-corrected chi connectivity index (χ1v) is 6.18. The van der Waals surface area contributed by atoms with E-state index in [0.29, 0.717) is 5.56 Å². The monoisotopic (exact) mass is 309 g/mol. The number of benzene rings is 1. The van der Waals surface area contributed by atoms with Crippen LogP contribution in [0.5, 0.6) is 0 Å². The van der Waals surface area contributed by atoms with Gasteiger partial charge in [-0.25, -0.2) is 9.37 Å². The highest BCUT2D eigenvalue weighted by atomic mass is 35.5. The molecule has 0 aliphatic rings. The number of carbonyl (C=O) groups excluding carboxylic acids is 1. The molecule has 1 amide bonds. The number of hydrogen-bond acceptors (Lipinski definition) is 4. The zero-order valence-corrected chi connectivity index (χ0v) is 11.3. The normalized spacial score (nSPS) is 10.2. The Labute approximate surface area is 123 Å². The molecule has 2 aromatic rings. The van der Waals surface area contributed by atoms with E-state index < -0.39 is 16.6 Å². The van der Waals surface area contributed by atoms with E-state index in [4.69, 9.17) is 11.6 Å². The average molecular weight is 310 g/mol. The maximum absolute atomic E-state index is 13.0. The lowest BCUT2D eigenvalue weighted by Gasteiger charge is -2.06. The van der Waals surface area contributed by atoms with E-state index >= 15 is 0 Å². The minimum atomic E-state index is -0.674. The molecule has 0 saturated carbocycles. The van der Waals surface area contributed by atoms with Crippen LogP contribution in [0, 0.1) is 15.9 Å². The number of carbonyl (C=O) groups is 1. The summed E-state index contributed by atoms with van der Waals surface area (Å²) in [7, 11) is 0. The van der Waals surface area contributed by atoms with Crippen molar-refractivity contribution in [3.8, 4) is 0 Å². The number of pyridine rings is 1. The van der Waals surface area contributed by atoms with E-state index in [1.54, 1.807) is 6.07 Å². The van der Waals surface area contributed by atoms with E-state index in [2.05, 4.69) is 10.3 Å². The van der Waals surface area contributed by atoms with Gasteiger partial charge in [0.05, 0.1) is 10.5 Å². The molecule has 2 rings (SSSR count). The molecule has 6 nitrogen and oxygen atoms in total. The Bertz CT molecular complexity index is 709. The third-order valence-corrected chi connectivity index (χ3v) is 2.92. The van der Waals surface area contributed by atoms with Crippen LogP contribution in [0.2, 0.25) is 5.15 Å². The van der Waals surface area contributed by atoms with E-state index in [1.807, 2.05) is 0 Å². The van der Waals surface area contributed by atoms with Gasteiger partial charge in [-0.2, -0.15) is 0 Å². The lowest BCUT2D eigenvalue weighted by atomic mass is 10.2.